The first kappa shape index (κ1) is 22.3. The van der Waals surface area contributed by atoms with Crippen LogP contribution in [0.25, 0.3) is 0 Å². The van der Waals surface area contributed by atoms with E-state index in [1.807, 2.05) is 13.8 Å². The molecule has 1 unspecified atom stereocenters. The summed E-state index contributed by atoms with van der Waals surface area (Å²) < 4.78 is 37.4. The number of nitrogens with one attached hydrogen (secondary N) is 1. The minimum atomic E-state index is -3.74. The lowest BCUT2D eigenvalue weighted by atomic mass is 10.1. The van der Waals surface area contributed by atoms with E-state index in [0.717, 1.165) is 12.8 Å². The Morgan fingerprint density at radius 1 is 1.29 bits per heavy atom. The van der Waals surface area contributed by atoms with Crippen LogP contribution in [-0.4, -0.2) is 63.6 Å². The zero-order valence-electron chi connectivity index (χ0n) is 16.6. The zero-order valence-corrected chi connectivity index (χ0v) is 17.4. The SMILES string of the molecule is CCCC(C)NC(=O)COC(=O)c1ccc(C)c(S(=O)(=O)N2CCOCC2)c1. The summed E-state index contributed by atoms with van der Waals surface area (Å²) in [7, 11) is -3.74. The van der Waals surface area contributed by atoms with Crippen molar-refractivity contribution in [3.8, 4) is 0 Å². The average molecular weight is 413 g/mol. The van der Waals surface area contributed by atoms with Crippen LogP contribution in [0, 0.1) is 6.92 Å². The second kappa shape index (κ2) is 9.99. The molecule has 0 spiro atoms. The Bertz CT molecular complexity index is 803. The number of hydrogen-bond acceptors (Lipinski definition) is 6. The highest BCUT2D eigenvalue weighted by Crippen LogP contribution is 2.22. The number of amides is 1. The second-order valence-corrected chi connectivity index (χ2v) is 8.74. The number of sulfonamides is 1. The predicted octanol–water partition coefficient (Wildman–Crippen LogP) is 1.48. The van der Waals surface area contributed by atoms with Crippen LogP contribution >= 0.6 is 0 Å². The molecule has 1 heterocycles. The Labute approximate surface area is 166 Å². The van der Waals surface area contributed by atoms with Crippen molar-refractivity contribution in [1.82, 2.24) is 9.62 Å². The van der Waals surface area contributed by atoms with Crippen molar-refractivity contribution in [3.05, 3.63) is 29.3 Å². The largest absolute Gasteiger partial charge is 0.452 e. The van der Waals surface area contributed by atoms with Crippen molar-refractivity contribution >= 4 is 21.9 Å². The Kier molecular flexibility index (Phi) is 7.97. The summed E-state index contributed by atoms with van der Waals surface area (Å²) in [6.07, 6.45) is 1.77. The molecule has 2 rings (SSSR count). The number of esters is 1. The minimum absolute atomic E-state index is 0.000782. The van der Waals surface area contributed by atoms with Crippen LogP contribution in [0.2, 0.25) is 0 Å². The smallest absolute Gasteiger partial charge is 0.338 e. The highest BCUT2D eigenvalue weighted by atomic mass is 32.2. The molecule has 156 valence electrons. The summed E-state index contributed by atoms with van der Waals surface area (Å²) in [5.74, 6) is -1.13. The summed E-state index contributed by atoms with van der Waals surface area (Å²) in [6.45, 7) is 6.38. The van der Waals surface area contributed by atoms with Crippen LogP contribution in [0.3, 0.4) is 0 Å². The third kappa shape index (κ3) is 5.76. The first-order valence-corrected chi connectivity index (χ1v) is 10.8. The number of ether oxygens (including phenoxy) is 2. The third-order valence-corrected chi connectivity index (χ3v) is 6.52. The summed E-state index contributed by atoms with van der Waals surface area (Å²) in [5, 5.41) is 2.74. The summed E-state index contributed by atoms with van der Waals surface area (Å²) in [5.41, 5.74) is 0.626. The van der Waals surface area contributed by atoms with Crippen LogP contribution in [0.5, 0.6) is 0 Å². The Hall–Kier alpha value is -1.97. The van der Waals surface area contributed by atoms with Gasteiger partial charge in [-0.1, -0.05) is 19.4 Å². The molecule has 1 aromatic rings. The van der Waals surface area contributed by atoms with Crippen LogP contribution in [0.4, 0.5) is 0 Å². The normalized spacial score (nSPS) is 16.4. The molecule has 1 fully saturated rings. The monoisotopic (exact) mass is 412 g/mol. The van der Waals surface area contributed by atoms with Crippen LogP contribution < -0.4 is 5.32 Å². The van der Waals surface area contributed by atoms with Crippen LogP contribution in [0.1, 0.15) is 42.6 Å². The molecule has 0 aliphatic carbocycles. The van der Waals surface area contributed by atoms with E-state index in [4.69, 9.17) is 9.47 Å². The molecule has 0 radical (unpaired) electrons. The summed E-state index contributed by atoms with van der Waals surface area (Å²) >= 11 is 0. The molecule has 1 saturated heterocycles. The van der Waals surface area contributed by atoms with E-state index in [0.29, 0.717) is 18.8 Å². The number of rotatable bonds is 8. The topological polar surface area (TPSA) is 102 Å². The third-order valence-electron chi connectivity index (χ3n) is 4.48. The molecule has 28 heavy (non-hydrogen) atoms. The highest BCUT2D eigenvalue weighted by Gasteiger charge is 2.28. The van der Waals surface area contributed by atoms with Crippen molar-refractivity contribution < 1.29 is 27.5 Å². The average Bonchev–Trinajstić information content (AvgIpc) is 2.67. The summed E-state index contributed by atoms with van der Waals surface area (Å²) in [4.78, 5) is 24.2. The molecular formula is C19H28N2O6S. The Morgan fingerprint density at radius 2 is 1.96 bits per heavy atom. The first-order chi connectivity index (χ1) is 13.3. The van der Waals surface area contributed by atoms with Gasteiger partial charge in [-0.05, 0) is 38.0 Å². The number of morpholine rings is 1. The summed E-state index contributed by atoms with van der Waals surface area (Å²) in [6, 6.07) is 4.36. The van der Waals surface area contributed by atoms with Gasteiger partial charge in [0.25, 0.3) is 5.91 Å². The van der Waals surface area contributed by atoms with Crippen molar-refractivity contribution in [2.45, 2.75) is 44.6 Å². The van der Waals surface area contributed by atoms with Gasteiger partial charge in [-0.25, -0.2) is 13.2 Å². The lowest BCUT2D eigenvalue weighted by Crippen LogP contribution is -2.40. The molecule has 0 aromatic heterocycles. The molecule has 0 bridgehead atoms. The minimum Gasteiger partial charge on any atom is -0.452 e. The first-order valence-electron chi connectivity index (χ1n) is 9.40. The van der Waals surface area contributed by atoms with Gasteiger partial charge in [0, 0.05) is 19.1 Å². The number of hydrogen-bond donors (Lipinski definition) is 1. The fourth-order valence-electron chi connectivity index (χ4n) is 2.97. The standard InChI is InChI=1S/C19H28N2O6S/c1-4-5-15(3)20-18(22)13-27-19(23)16-7-6-14(2)17(12-16)28(24,25)21-8-10-26-11-9-21/h6-7,12,15H,4-5,8-11,13H2,1-3H3,(H,20,22). The van der Waals surface area contributed by atoms with Crippen LogP contribution in [-0.2, 0) is 24.3 Å². The molecule has 0 saturated carbocycles. The molecule has 8 nitrogen and oxygen atoms in total. The quantitative estimate of drug-likeness (QED) is 0.649. The van der Waals surface area contributed by atoms with Crippen molar-refractivity contribution in [2.75, 3.05) is 32.9 Å². The fourth-order valence-corrected chi connectivity index (χ4v) is 4.63. The van der Waals surface area contributed by atoms with E-state index in [2.05, 4.69) is 5.32 Å². The molecule has 9 heteroatoms. The fraction of sp³-hybridized carbons (Fsp3) is 0.579. The Balaban J connectivity index is 2.07. The molecular weight excluding hydrogens is 384 g/mol. The number of carbonyl (C=O) groups excluding carboxylic acids is 2. The number of carbonyl (C=O) groups is 2. The van der Waals surface area contributed by atoms with Crippen LogP contribution in [0.15, 0.2) is 23.1 Å². The molecule has 1 aliphatic heterocycles. The van der Waals surface area contributed by atoms with Gasteiger partial charge in [0.15, 0.2) is 6.61 Å². The van der Waals surface area contributed by atoms with Gasteiger partial charge in [-0.3, -0.25) is 4.79 Å². The maximum atomic E-state index is 12.9. The maximum Gasteiger partial charge on any atom is 0.338 e. The van der Waals surface area contributed by atoms with Gasteiger partial charge in [-0.15, -0.1) is 0 Å². The van der Waals surface area contributed by atoms with Gasteiger partial charge in [0.1, 0.15) is 0 Å². The van der Waals surface area contributed by atoms with E-state index < -0.39 is 22.6 Å². The molecule has 1 aromatic carbocycles. The van der Waals surface area contributed by atoms with Gasteiger partial charge in [0.05, 0.1) is 23.7 Å². The second-order valence-electron chi connectivity index (χ2n) is 6.83. The van der Waals surface area contributed by atoms with Crippen molar-refractivity contribution in [2.24, 2.45) is 0 Å². The zero-order chi connectivity index (χ0) is 20.7. The van der Waals surface area contributed by atoms with E-state index in [1.165, 1.54) is 16.4 Å². The number of aryl methyl sites for hydroxylation is 1. The number of benzene rings is 1. The molecule has 1 amide bonds. The van der Waals surface area contributed by atoms with Gasteiger partial charge >= 0.3 is 5.97 Å². The van der Waals surface area contributed by atoms with Gasteiger partial charge < -0.3 is 14.8 Å². The van der Waals surface area contributed by atoms with Crippen molar-refractivity contribution in [1.29, 1.82) is 0 Å². The van der Waals surface area contributed by atoms with Gasteiger partial charge in [-0.2, -0.15) is 4.31 Å². The number of nitrogens with zero attached hydrogens (tertiary/aromatic N) is 1. The predicted molar refractivity (Wildman–Crippen MR) is 104 cm³/mol. The lowest BCUT2D eigenvalue weighted by molar-refractivity contribution is -0.124. The Morgan fingerprint density at radius 3 is 2.61 bits per heavy atom. The van der Waals surface area contributed by atoms with E-state index in [9.17, 15) is 18.0 Å². The highest BCUT2D eigenvalue weighted by molar-refractivity contribution is 7.89. The van der Waals surface area contributed by atoms with E-state index >= 15 is 0 Å². The maximum absolute atomic E-state index is 12.9. The van der Waals surface area contributed by atoms with E-state index in [1.54, 1.807) is 13.0 Å². The lowest BCUT2D eigenvalue weighted by Gasteiger charge is -2.26. The molecule has 1 aliphatic rings. The van der Waals surface area contributed by atoms with E-state index in [-0.39, 0.29) is 35.5 Å². The van der Waals surface area contributed by atoms with Gasteiger partial charge in [0.2, 0.25) is 10.0 Å². The molecule has 1 atom stereocenters. The molecule has 1 N–H and O–H groups in total. The van der Waals surface area contributed by atoms with Crippen molar-refractivity contribution in [3.63, 3.8) is 0 Å².